The van der Waals surface area contributed by atoms with Gasteiger partial charge in [-0.3, -0.25) is 4.79 Å². The number of carbonyl (C=O) groups is 1. The zero-order chi connectivity index (χ0) is 26.2. The Morgan fingerprint density at radius 3 is 1.95 bits per heavy atom. The minimum absolute atomic E-state index is 0.490. The summed E-state index contributed by atoms with van der Waals surface area (Å²) in [5.74, 6) is 0. The van der Waals surface area contributed by atoms with Gasteiger partial charge >= 0.3 is 7.80 Å². The Morgan fingerprint density at radius 2 is 1.24 bits per heavy atom. The average molecular weight is 510 g/mol. The topological polar surface area (TPSA) is 34.1 Å². The summed E-state index contributed by atoms with van der Waals surface area (Å²) in [7, 11) is -2.12. The highest BCUT2D eigenvalue weighted by molar-refractivity contribution is 7.62. The van der Waals surface area contributed by atoms with Crippen molar-refractivity contribution in [2.24, 2.45) is 0 Å². The first-order valence-electron chi connectivity index (χ1n) is 12.7. The smallest absolute Gasteiger partial charge is 0.298 e. The summed E-state index contributed by atoms with van der Waals surface area (Å²) in [6.07, 6.45) is 0.851. The van der Waals surface area contributed by atoms with Crippen LogP contribution in [0.25, 0.3) is 43.8 Å². The van der Waals surface area contributed by atoms with E-state index in [4.69, 9.17) is 0 Å². The molecule has 0 aromatic heterocycles. The standard InChI is InChI=1S/C35H26O2P/c1-23-9-7-13-26(19-23)31-21-27-12-4-6-16-30(27)35(34(31)28-14-8-10-24(2)20-28)38(37)33-18-17-25-11-3-5-15-29(25)32(33)22-36/h3-22H,1-2H3/q+1. The van der Waals surface area contributed by atoms with Gasteiger partial charge in [0.25, 0.3) is 0 Å². The van der Waals surface area contributed by atoms with Gasteiger partial charge in [0.2, 0.25) is 10.6 Å². The van der Waals surface area contributed by atoms with E-state index in [1.54, 1.807) is 0 Å². The highest BCUT2D eigenvalue weighted by Crippen LogP contribution is 2.41. The zero-order valence-corrected chi connectivity index (χ0v) is 22.2. The van der Waals surface area contributed by atoms with Gasteiger partial charge in [0.15, 0.2) is 6.29 Å². The number of hydrogen-bond donors (Lipinski definition) is 0. The van der Waals surface area contributed by atoms with Crippen LogP contribution in [0.2, 0.25) is 0 Å². The maximum atomic E-state index is 14.8. The van der Waals surface area contributed by atoms with Gasteiger partial charge in [0, 0.05) is 10.9 Å². The highest BCUT2D eigenvalue weighted by Gasteiger charge is 2.35. The molecule has 182 valence electrons. The summed E-state index contributed by atoms with van der Waals surface area (Å²) in [4.78, 5) is 12.4. The predicted molar refractivity (Wildman–Crippen MR) is 161 cm³/mol. The molecule has 0 fully saturated rings. The minimum atomic E-state index is -2.12. The molecule has 0 saturated carbocycles. The van der Waals surface area contributed by atoms with Gasteiger partial charge in [0.05, 0.1) is 5.56 Å². The van der Waals surface area contributed by atoms with E-state index in [0.717, 1.165) is 66.5 Å². The van der Waals surface area contributed by atoms with Crippen LogP contribution in [0.1, 0.15) is 21.5 Å². The van der Waals surface area contributed by atoms with Crippen LogP contribution in [0.3, 0.4) is 0 Å². The average Bonchev–Trinajstić information content (AvgIpc) is 2.95. The van der Waals surface area contributed by atoms with E-state index >= 15 is 0 Å². The quantitative estimate of drug-likeness (QED) is 0.172. The molecule has 0 aliphatic heterocycles. The summed E-state index contributed by atoms with van der Waals surface area (Å²) >= 11 is 0. The summed E-state index contributed by atoms with van der Waals surface area (Å²) < 4.78 is 14.8. The lowest BCUT2D eigenvalue weighted by Gasteiger charge is -2.15. The molecule has 0 amide bonds. The summed E-state index contributed by atoms with van der Waals surface area (Å²) in [5, 5.41) is 5.06. The van der Waals surface area contributed by atoms with Crippen LogP contribution >= 0.6 is 7.80 Å². The Morgan fingerprint density at radius 1 is 0.605 bits per heavy atom. The largest absolute Gasteiger partial charge is 0.417 e. The summed E-state index contributed by atoms with van der Waals surface area (Å²) in [5.41, 5.74) is 6.85. The fourth-order valence-corrected chi connectivity index (χ4v) is 7.10. The Labute approximate surface area is 223 Å². The first-order valence-corrected chi connectivity index (χ1v) is 13.9. The lowest BCUT2D eigenvalue weighted by atomic mass is 9.90. The number of aryl methyl sites for hydroxylation is 2. The fourth-order valence-electron chi connectivity index (χ4n) is 5.38. The van der Waals surface area contributed by atoms with Crippen LogP contribution < -0.4 is 10.6 Å². The maximum absolute atomic E-state index is 14.8. The van der Waals surface area contributed by atoms with E-state index in [9.17, 15) is 9.36 Å². The number of aldehydes is 1. The second kappa shape index (κ2) is 9.82. The van der Waals surface area contributed by atoms with Crippen molar-refractivity contribution < 1.29 is 9.36 Å². The van der Waals surface area contributed by atoms with Gasteiger partial charge < -0.3 is 0 Å². The molecule has 6 aromatic carbocycles. The summed E-state index contributed by atoms with van der Waals surface area (Å²) in [6.45, 7) is 4.16. The van der Waals surface area contributed by atoms with Crippen molar-refractivity contribution in [3.05, 3.63) is 132 Å². The SMILES string of the molecule is Cc1cccc(-c2cc3ccccc3c([P+](=O)c3ccc4ccccc4c3C=O)c2-c2cccc(C)c2)c1. The fraction of sp³-hybridized carbons (Fsp3) is 0.0571. The first-order chi connectivity index (χ1) is 18.5. The number of carbonyl (C=O) groups excluding carboxylic acids is 1. The van der Waals surface area contributed by atoms with Crippen LogP contribution in [0.4, 0.5) is 0 Å². The van der Waals surface area contributed by atoms with Crippen LogP contribution in [-0.2, 0) is 4.57 Å². The molecule has 6 rings (SSSR count). The van der Waals surface area contributed by atoms with Crippen LogP contribution in [-0.4, -0.2) is 6.29 Å². The second-order valence-electron chi connectivity index (χ2n) is 9.74. The number of hydrogen-bond acceptors (Lipinski definition) is 2. The van der Waals surface area contributed by atoms with E-state index in [-0.39, 0.29) is 0 Å². The third kappa shape index (κ3) is 4.14. The van der Waals surface area contributed by atoms with Gasteiger partial charge in [-0.05, 0) is 71.0 Å². The molecule has 0 radical (unpaired) electrons. The van der Waals surface area contributed by atoms with E-state index in [0.29, 0.717) is 10.9 Å². The molecule has 6 aromatic rings. The maximum Gasteiger partial charge on any atom is 0.417 e. The molecule has 0 spiro atoms. The molecule has 0 bridgehead atoms. The van der Waals surface area contributed by atoms with Crippen molar-refractivity contribution in [3.63, 3.8) is 0 Å². The molecular formula is C35H26O2P+. The van der Waals surface area contributed by atoms with E-state index in [1.807, 2.05) is 60.7 Å². The zero-order valence-electron chi connectivity index (χ0n) is 21.3. The molecule has 0 aliphatic rings. The Hall–Kier alpha value is -4.39. The molecular weight excluding hydrogens is 483 g/mol. The van der Waals surface area contributed by atoms with E-state index in [2.05, 4.69) is 68.4 Å². The third-order valence-electron chi connectivity index (χ3n) is 7.15. The van der Waals surface area contributed by atoms with Gasteiger partial charge in [0.1, 0.15) is 0 Å². The van der Waals surface area contributed by atoms with Crippen LogP contribution in [0, 0.1) is 13.8 Å². The third-order valence-corrected chi connectivity index (χ3v) is 8.84. The van der Waals surface area contributed by atoms with Crippen molar-refractivity contribution in [2.45, 2.75) is 13.8 Å². The van der Waals surface area contributed by atoms with Crippen molar-refractivity contribution in [2.75, 3.05) is 0 Å². The predicted octanol–water partition coefficient (Wildman–Crippen LogP) is 8.53. The molecule has 0 saturated heterocycles. The Balaban J connectivity index is 1.75. The van der Waals surface area contributed by atoms with Gasteiger partial charge in [-0.2, -0.15) is 0 Å². The lowest BCUT2D eigenvalue weighted by molar-refractivity contribution is 0.112. The summed E-state index contributed by atoms with van der Waals surface area (Å²) in [6, 6.07) is 38.7. The molecule has 0 N–H and O–H groups in total. The molecule has 2 nitrogen and oxygen atoms in total. The normalized spacial score (nSPS) is 11.6. The second-order valence-corrected chi connectivity index (χ2v) is 11.3. The molecule has 0 aliphatic carbocycles. The number of benzene rings is 6. The van der Waals surface area contributed by atoms with Crippen LogP contribution in [0.5, 0.6) is 0 Å². The first kappa shape index (κ1) is 24.0. The lowest BCUT2D eigenvalue weighted by Crippen LogP contribution is -2.16. The Bertz CT molecular complexity index is 1880. The van der Waals surface area contributed by atoms with Crippen molar-refractivity contribution >= 4 is 46.2 Å². The molecule has 3 heteroatoms. The molecule has 0 heterocycles. The number of rotatable bonds is 5. The van der Waals surface area contributed by atoms with Gasteiger partial charge in [-0.1, -0.05) is 107 Å². The van der Waals surface area contributed by atoms with Gasteiger partial charge in [-0.25, -0.2) is 0 Å². The highest BCUT2D eigenvalue weighted by atomic mass is 31.1. The minimum Gasteiger partial charge on any atom is -0.298 e. The molecule has 1 atom stereocenters. The number of fused-ring (bicyclic) bond motifs is 2. The van der Waals surface area contributed by atoms with Crippen molar-refractivity contribution in [1.82, 2.24) is 0 Å². The van der Waals surface area contributed by atoms with Gasteiger partial charge in [-0.15, -0.1) is 0 Å². The van der Waals surface area contributed by atoms with Crippen molar-refractivity contribution in [3.8, 4) is 22.3 Å². The molecule has 1 unspecified atom stereocenters. The monoisotopic (exact) mass is 509 g/mol. The van der Waals surface area contributed by atoms with Crippen molar-refractivity contribution in [1.29, 1.82) is 0 Å². The van der Waals surface area contributed by atoms with Crippen LogP contribution in [0.15, 0.2) is 115 Å². The van der Waals surface area contributed by atoms with E-state index < -0.39 is 7.80 Å². The Kier molecular flexibility index (Phi) is 6.19. The molecule has 38 heavy (non-hydrogen) atoms. The van der Waals surface area contributed by atoms with E-state index in [1.165, 1.54) is 0 Å².